The van der Waals surface area contributed by atoms with Crippen molar-refractivity contribution in [2.24, 2.45) is 0 Å². The third kappa shape index (κ3) is 7.51. The van der Waals surface area contributed by atoms with Gasteiger partial charge in [0.15, 0.2) is 0 Å². The van der Waals surface area contributed by atoms with Crippen LogP contribution in [0.2, 0.25) is 0 Å². The van der Waals surface area contributed by atoms with Gasteiger partial charge in [-0.25, -0.2) is 4.79 Å². The Hall–Kier alpha value is -1.59. The maximum atomic E-state index is 12.1. The second-order valence-electron chi connectivity index (χ2n) is 8.61. The van der Waals surface area contributed by atoms with Crippen LogP contribution >= 0.6 is 0 Å². The number of piperidine rings is 1. The van der Waals surface area contributed by atoms with E-state index in [0.717, 1.165) is 30.9 Å². The topological polar surface area (TPSA) is 53.6 Å². The number of nitrogens with zero attached hydrogens (tertiary/aromatic N) is 1. The van der Waals surface area contributed by atoms with Gasteiger partial charge in [-0.15, -0.1) is 0 Å². The molecular formula is C22H37N3O2. The first-order chi connectivity index (χ1) is 12.8. The molecular weight excluding hydrogens is 338 g/mol. The molecule has 1 unspecified atom stereocenters. The summed E-state index contributed by atoms with van der Waals surface area (Å²) in [5.41, 5.74) is 1.40. The summed E-state index contributed by atoms with van der Waals surface area (Å²) >= 11 is 0. The van der Waals surface area contributed by atoms with Crippen molar-refractivity contribution in [3.8, 4) is 0 Å². The molecule has 1 aliphatic rings. The largest absolute Gasteiger partial charge is 0.444 e. The van der Waals surface area contributed by atoms with E-state index in [4.69, 9.17) is 4.74 Å². The van der Waals surface area contributed by atoms with Crippen molar-refractivity contribution in [2.45, 2.75) is 84.5 Å². The Morgan fingerprint density at radius 2 is 1.93 bits per heavy atom. The molecule has 1 saturated heterocycles. The number of benzene rings is 1. The number of anilines is 1. The van der Waals surface area contributed by atoms with Gasteiger partial charge >= 0.3 is 6.09 Å². The van der Waals surface area contributed by atoms with E-state index in [9.17, 15) is 4.79 Å². The lowest BCUT2D eigenvalue weighted by Gasteiger charge is -2.36. The molecule has 1 aliphatic heterocycles. The number of nitrogens with one attached hydrogen (secondary N) is 2. The van der Waals surface area contributed by atoms with Crippen LogP contribution in [0.25, 0.3) is 0 Å². The summed E-state index contributed by atoms with van der Waals surface area (Å²) in [5, 5.41) is 6.55. The average Bonchev–Trinajstić information content (AvgIpc) is 2.60. The van der Waals surface area contributed by atoms with Gasteiger partial charge in [-0.05, 0) is 71.7 Å². The molecule has 1 amide bonds. The minimum absolute atomic E-state index is 0.409. The van der Waals surface area contributed by atoms with Crippen LogP contribution in [0.1, 0.15) is 65.9 Å². The second kappa shape index (κ2) is 10.1. The molecule has 27 heavy (non-hydrogen) atoms. The van der Waals surface area contributed by atoms with Gasteiger partial charge in [-0.3, -0.25) is 5.32 Å². The fraction of sp³-hybridized carbons (Fsp3) is 0.682. The zero-order valence-corrected chi connectivity index (χ0v) is 17.7. The number of carbonyl (C=O) groups excluding carboxylic acids is 1. The number of ether oxygens (including phenoxy) is 1. The van der Waals surface area contributed by atoms with Crippen LogP contribution < -0.4 is 10.6 Å². The number of hydrogen-bond acceptors (Lipinski definition) is 4. The zero-order chi connectivity index (χ0) is 19.9. The van der Waals surface area contributed by atoms with Gasteiger partial charge in [-0.2, -0.15) is 0 Å². The Bertz CT molecular complexity index is 589. The molecule has 5 nitrogen and oxygen atoms in total. The van der Waals surface area contributed by atoms with Gasteiger partial charge < -0.3 is 15.0 Å². The molecule has 152 valence electrons. The first kappa shape index (κ1) is 21.7. The first-order valence-electron chi connectivity index (χ1n) is 10.3. The van der Waals surface area contributed by atoms with Gasteiger partial charge in [0.25, 0.3) is 0 Å². The van der Waals surface area contributed by atoms with Crippen molar-refractivity contribution in [1.29, 1.82) is 0 Å². The van der Waals surface area contributed by atoms with E-state index in [1.165, 1.54) is 25.7 Å². The number of carbonyl (C=O) groups is 1. The molecule has 0 radical (unpaired) electrons. The third-order valence-electron chi connectivity index (χ3n) is 5.09. The van der Waals surface area contributed by atoms with Crippen LogP contribution in [-0.4, -0.2) is 41.8 Å². The van der Waals surface area contributed by atoms with Crippen LogP contribution in [0.5, 0.6) is 0 Å². The zero-order valence-electron chi connectivity index (χ0n) is 17.7. The van der Waals surface area contributed by atoms with Crippen LogP contribution in [0.4, 0.5) is 10.5 Å². The first-order valence-corrected chi connectivity index (χ1v) is 10.3. The van der Waals surface area contributed by atoms with Gasteiger partial charge in [0, 0.05) is 24.3 Å². The van der Waals surface area contributed by atoms with E-state index >= 15 is 0 Å². The molecule has 1 fully saturated rings. The molecule has 0 aromatic heterocycles. The summed E-state index contributed by atoms with van der Waals surface area (Å²) in [6.07, 6.45) is 4.47. The van der Waals surface area contributed by atoms with Gasteiger partial charge in [0.05, 0.1) is 0 Å². The van der Waals surface area contributed by atoms with E-state index in [-0.39, 0.29) is 0 Å². The van der Waals surface area contributed by atoms with Crippen molar-refractivity contribution in [3.05, 3.63) is 29.8 Å². The number of hydrogen-bond donors (Lipinski definition) is 2. The van der Waals surface area contributed by atoms with E-state index in [1.807, 2.05) is 39.0 Å². The molecule has 5 heteroatoms. The Balaban J connectivity index is 1.84. The van der Waals surface area contributed by atoms with E-state index in [0.29, 0.717) is 12.1 Å². The Kier molecular flexibility index (Phi) is 8.11. The van der Waals surface area contributed by atoms with Crippen LogP contribution in [0.3, 0.4) is 0 Å². The van der Waals surface area contributed by atoms with Gasteiger partial charge in [0.2, 0.25) is 0 Å². The summed E-state index contributed by atoms with van der Waals surface area (Å²) in [6, 6.07) is 9.14. The van der Waals surface area contributed by atoms with E-state index in [2.05, 4.69) is 35.4 Å². The van der Waals surface area contributed by atoms with Gasteiger partial charge in [0.1, 0.15) is 5.60 Å². The predicted molar refractivity (Wildman–Crippen MR) is 112 cm³/mol. The Morgan fingerprint density at radius 3 is 2.56 bits per heavy atom. The fourth-order valence-electron chi connectivity index (χ4n) is 3.61. The molecule has 0 spiro atoms. The van der Waals surface area contributed by atoms with Crippen molar-refractivity contribution < 1.29 is 9.53 Å². The van der Waals surface area contributed by atoms with Crippen molar-refractivity contribution >= 4 is 11.8 Å². The summed E-state index contributed by atoms with van der Waals surface area (Å²) in [4.78, 5) is 14.7. The highest BCUT2D eigenvalue weighted by Gasteiger charge is 2.22. The molecule has 2 N–H and O–H groups in total. The molecule has 1 aromatic carbocycles. The minimum Gasteiger partial charge on any atom is -0.444 e. The average molecular weight is 376 g/mol. The minimum atomic E-state index is -0.500. The Labute approximate surface area is 164 Å². The molecule has 0 saturated carbocycles. The number of para-hydroxylation sites is 1. The lowest BCUT2D eigenvalue weighted by molar-refractivity contribution is 0.0636. The van der Waals surface area contributed by atoms with Crippen LogP contribution in [0.15, 0.2) is 24.3 Å². The summed E-state index contributed by atoms with van der Waals surface area (Å²) < 4.78 is 5.37. The lowest BCUT2D eigenvalue weighted by atomic mass is 10.0. The Morgan fingerprint density at radius 1 is 1.26 bits per heavy atom. The smallest absolute Gasteiger partial charge is 0.412 e. The molecule has 1 aromatic rings. The second-order valence-corrected chi connectivity index (χ2v) is 8.61. The molecule has 1 atom stereocenters. The highest BCUT2D eigenvalue weighted by Crippen LogP contribution is 2.19. The van der Waals surface area contributed by atoms with Crippen molar-refractivity contribution in [3.63, 3.8) is 0 Å². The SMILES string of the molecule is CCCC(C)N1CCC(NCc2ccccc2NC(=O)OC(C)(C)C)CC1. The quantitative estimate of drug-likeness (QED) is 0.720. The monoisotopic (exact) mass is 375 g/mol. The van der Waals surface area contributed by atoms with E-state index < -0.39 is 11.7 Å². The normalized spacial score (nSPS) is 17.5. The predicted octanol–water partition coefficient (Wildman–Crippen LogP) is 4.78. The molecule has 2 rings (SSSR count). The summed E-state index contributed by atoms with van der Waals surface area (Å²) in [5.74, 6) is 0. The van der Waals surface area contributed by atoms with Crippen LogP contribution in [-0.2, 0) is 11.3 Å². The maximum Gasteiger partial charge on any atom is 0.412 e. The molecule has 1 heterocycles. The number of likely N-dealkylation sites (tertiary alicyclic amines) is 1. The van der Waals surface area contributed by atoms with Crippen LogP contribution in [0, 0.1) is 0 Å². The number of amides is 1. The number of rotatable bonds is 7. The standard InChI is InChI=1S/C22H37N3O2/c1-6-9-17(2)25-14-12-19(13-15-25)23-16-18-10-7-8-11-20(18)24-21(26)27-22(3,4)5/h7-8,10-11,17,19,23H,6,9,12-16H2,1-5H3,(H,24,26). The van der Waals surface area contributed by atoms with Crippen molar-refractivity contribution in [2.75, 3.05) is 18.4 Å². The highest BCUT2D eigenvalue weighted by molar-refractivity contribution is 5.85. The summed E-state index contributed by atoms with van der Waals surface area (Å²) in [6.45, 7) is 13.3. The molecule has 0 aliphatic carbocycles. The summed E-state index contributed by atoms with van der Waals surface area (Å²) in [7, 11) is 0. The highest BCUT2D eigenvalue weighted by atomic mass is 16.6. The maximum absolute atomic E-state index is 12.1. The third-order valence-corrected chi connectivity index (χ3v) is 5.09. The van der Waals surface area contributed by atoms with Crippen molar-refractivity contribution in [1.82, 2.24) is 10.2 Å². The molecule has 0 bridgehead atoms. The fourth-order valence-corrected chi connectivity index (χ4v) is 3.61. The van der Waals surface area contributed by atoms with Gasteiger partial charge in [-0.1, -0.05) is 31.5 Å². The lowest BCUT2D eigenvalue weighted by Crippen LogP contribution is -2.45. The van der Waals surface area contributed by atoms with E-state index in [1.54, 1.807) is 0 Å².